The predicted molar refractivity (Wildman–Crippen MR) is 78.9 cm³/mol. The first-order valence-corrected chi connectivity index (χ1v) is 8.25. The summed E-state index contributed by atoms with van der Waals surface area (Å²) < 4.78 is 0. The van der Waals surface area contributed by atoms with E-state index < -0.39 is 0 Å². The maximum atomic E-state index is 3.75. The molecule has 2 saturated carbocycles. The molecule has 3 atom stereocenters. The van der Waals surface area contributed by atoms with Crippen LogP contribution >= 0.6 is 0 Å². The van der Waals surface area contributed by atoms with Gasteiger partial charge in [0.2, 0.25) is 0 Å². The van der Waals surface area contributed by atoms with Gasteiger partial charge in [0.15, 0.2) is 0 Å². The fraction of sp³-hybridized carbons (Fsp3) is 1.00. The molecule has 0 aliphatic heterocycles. The first-order chi connectivity index (χ1) is 8.76. The second kappa shape index (κ2) is 6.91. The van der Waals surface area contributed by atoms with Gasteiger partial charge in [-0.3, -0.25) is 4.90 Å². The third kappa shape index (κ3) is 3.71. The smallest absolute Gasteiger partial charge is 0.0254 e. The van der Waals surface area contributed by atoms with Crippen LogP contribution in [0.15, 0.2) is 0 Å². The van der Waals surface area contributed by atoms with Crippen molar-refractivity contribution in [2.24, 2.45) is 5.92 Å². The van der Waals surface area contributed by atoms with Gasteiger partial charge in [0.1, 0.15) is 0 Å². The molecule has 2 fully saturated rings. The quantitative estimate of drug-likeness (QED) is 0.747. The molecule has 18 heavy (non-hydrogen) atoms. The van der Waals surface area contributed by atoms with Crippen LogP contribution in [0.25, 0.3) is 0 Å². The van der Waals surface area contributed by atoms with E-state index >= 15 is 0 Å². The van der Waals surface area contributed by atoms with E-state index in [9.17, 15) is 0 Å². The van der Waals surface area contributed by atoms with Gasteiger partial charge in [-0.1, -0.05) is 27.2 Å². The van der Waals surface area contributed by atoms with Gasteiger partial charge in [0.05, 0.1) is 0 Å². The Hall–Kier alpha value is -0.0800. The molecule has 1 N–H and O–H groups in total. The summed E-state index contributed by atoms with van der Waals surface area (Å²) in [4.78, 5) is 2.87. The summed E-state index contributed by atoms with van der Waals surface area (Å²) in [5.74, 6) is 0.924. The number of unbranched alkanes of at least 4 members (excludes halogenated alkanes) is 1. The lowest BCUT2D eigenvalue weighted by Gasteiger charge is -2.43. The molecule has 0 aromatic carbocycles. The van der Waals surface area contributed by atoms with Crippen molar-refractivity contribution in [1.82, 2.24) is 10.2 Å². The van der Waals surface area contributed by atoms with Gasteiger partial charge < -0.3 is 5.32 Å². The van der Waals surface area contributed by atoms with Crippen LogP contribution in [0.2, 0.25) is 0 Å². The number of hydrogen-bond acceptors (Lipinski definition) is 2. The van der Waals surface area contributed by atoms with Crippen LogP contribution in [0.1, 0.15) is 65.7 Å². The van der Waals surface area contributed by atoms with Gasteiger partial charge in [-0.2, -0.15) is 0 Å². The first kappa shape index (κ1) is 14.3. The molecule has 2 heteroatoms. The van der Waals surface area contributed by atoms with Crippen molar-refractivity contribution in [3.63, 3.8) is 0 Å². The molecule has 2 nitrogen and oxygen atoms in total. The Kier molecular flexibility index (Phi) is 5.50. The summed E-state index contributed by atoms with van der Waals surface area (Å²) in [5.41, 5.74) is 0. The topological polar surface area (TPSA) is 15.3 Å². The van der Waals surface area contributed by atoms with E-state index in [2.05, 4.69) is 31.0 Å². The number of hydrogen-bond donors (Lipinski definition) is 1. The average Bonchev–Trinajstić information content (AvgIpc) is 3.17. The predicted octanol–water partition coefficient (Wildman–Crippen LogP) is 3.42. The number of nitrogens with zero attached hydrogens (tertiary/aromatic N) is 1. The SMILES string of the molecule is CCCCN(C1CC1)C1CC(C)CCC1NCC. The van der Waals surface area contributed by atoms with Crippen molar-refractivity contribution < 1.29 is 0 Å². The Balaban J connectivity index is 1.98. The molecular weight excluding hydrogens is 220 g/mol. The van der Waals surface area contributed by atoms with E-state index in [-0.39, 0.29) is 0 Å². The summed E-state index contributed by atoms with van der Waals surface area (Å²) in [7, 11) is 0. The van der Waals surface area contributed by atoms with E-state index in [1.807, 2.05) is 0 Å². The molecule has 0 aromatic rings. The minimum Gasteiger partial charge on any atom is -0.313 e. The van der Waals surface area contributed by atoms with E-state index in [1.165, 1.54) is 51.5 Å². The van der Waals surface area contributed by atoms with Crippen molar-refractivity contribution in [2.45, 2.75) is 83.8 Å². The van der Waals surface area contributed by atoms with E-state index in [4.69, 9.17) is 0 Å². The van der Waals surface area contributed by atoms with Gasteiger partial charge in [-0.05, 0) is 57.5 Å². The van der Waals surface area contributed by atoms with Crippen molar-refractivity contribution in [3.8, 4) is 0 Å². The molecule has 0 aromatic heterocycles. The van der Waals surface area contributed by atoms with Crippen molar-refractivity contribution >= 4 is 0 Å². The molecular formula is C16H32N2. The van der Waals surface area contributed by atoms with Crippen LogP contribution in [0, 0.1) is 5.92 Å². The monoisotopic (exact) mass is 252 g/mol. The Morgan fingerprint density at radius 1 is 1.11 bits per heavy atom. The largest absolute Gasteiger partial charge is 0.313 e. The minimum atomic E-state index is 0.753. The zero-order chi connectivity index (χ0) is 13.0. The summed E-state index contributed by atoms with van der Waals surface area (Å²) in [6.07, 6.45) is 9.83. The lowest BCUT2D eigenvalue weighted by atomic mass is 9.82. The normalized spacial score (nSPS) is 33.0. The second-order valence-electron chi connectivity index (χ2n) is 6.47. The molecule has 106 valence electrons. The van der Waals surface area contributed by atoms with Gasteiger partial charge in [0, 0.05) is 18.1 Å². The molecule has 2 rings (SSSR count). The maximum absolute atomic E-state index is 3.75. The molecule has 0 heterocycles. The Bertz CT molecular complexity index is 237. The lowest BCUT2D eigenvalue weighted by molar-refractivity contribution is 0.0929. The zero-order valence-corrected chi connectivity index (χ0v) is 12.6. The second-order valence-corrected chi connectivity index (χ2v) is 6.47. The van der Waals surface area contributed by atoms with Gasteiger partial charge in [-0.25, -0.2) is 0 Å². The van der Waals surface area contributed by atoms with Crippen molar-refractivity contribution in [1.29, 1.82) is 0 Å². The summed E-state index contributed by atoms with van der Waals surface area (Å²) in [6, 6.07) is 2.49. The van der Waals surface area contributed by atoms with Crippen molar-refractivity contribution in [3.05, 3.63) is 0 Å². The summed E-state index contributed by atoms with van der Waals surface area (Å²) in [6.45, 7) is 9.47. The highest BCUT2D eigenvalue weighted by atomic mass is 15.2. The standard InChI is InChI=1S/C16H32N2/c1-4-6-11-18(14-8-9-14)16-12-13(3)7-10-15(16)17-5-2/h13-17H,4-12H2,1-3H3. The van der Waals surface area contributed by atoms with Crippen LogP contribution in [0.3, 0.4) is 0 Å². The maximum Gasteiger partial charge on any atom is 0.0254 e. The summed E-state index contributed by atoms with van der Waals surface area (Å²) >= 11 is 0. The van der Waals surface area contributed by atoms with Crippen LogP contribution in [-0.2, 0) is 0 Å². The highest BCUT2D eigenvalue weighted by Gasteiger charge is 2.39. The first-order valence-electron chi connectivity index (χ1n) is 8.25. The van der Waals surface area contributed by atoms with Crippen LogP contribution < -0.4 is 5.32 Å². The fourth-order valence-electron chi connectivity index (χ4n) is 3.58. The highest BCUT2D eigenvalue weighted by Crippen LogP contribution is 2.35. The molecule has 0 spiro atoms. The molecule has 0 bridgehead atoms. The van der Waals surface area contributed by atoms with Gasteiger partial charge in [-0.15, -0.1) is 0 Å². The average molecular weight is 252 g/mol. The van der Waals surface area contributed by atoms with Crippen LogP contribution in [0.5, 0.6) is 0 Å². The Labute approximate surface area is 114 Å². The molecule has 2 aliphatic carbocycles. The number of rotatable bonds is 7. The Morgan fingerprint density at radius 3 is 2.50 bits per heavy atom. The fourth-order valence-corrected chi connectivity index (χ4v) is 3.58. The number of nitrogens with one attached hydrogen (secondary N) is 1. The van der Waals surface area contributed by atoms with E-state index in [1.54, 1.807) is 0 Å². The lowest BCUT2D eigenvalue weighted by Crippen LogP contribution is -2.54. The zero-order valence-electron chi connectivity index (χ0n) is 12.6. The van der Waals surface area contributed by atoms with Gasteiger partial charge in [0.25, 0.3) is 0 Å². The summed E-state index contributed by atoms with van der Waals surface area (Å²) in [5, 5.41) is 3.75. The third-order valence-corrected chi connectivity index (χ3v) is 4.76. The molecule has 2 aliphatic rings. The third-order valence-electron chi connectivity index (χ3n) is 4.76. The highest BCUT2D eigenvalue weighted by molar-refractivity contribution is 4.96. The minimum absolute atomic E-state index is 0.753. The Morgan fingerprint density at radius 2 is 1.89 bits per heavy atom. The van der Waals surface area contributed by atoms with E-state index in [0.717, 1.165) is 30.6 Å². The molecule has 3 unspecified atom stereocenters. The van der Waals surface area contributed by atoms with Gasteiger partial charge >= 0.3 is 0 Å². The molecule has 0 radical (unpaired) electrons. The molecule has 0 saturated heterocycles. The number of likely N-dealkylation sites (N-methyl/N-ethyl adjacent to an activating group) is 1. The van der Waals surface area contributed by atoms with Crippen molar-refractivity contribution in [2.75, 3.05) is 13.1 Å². The van der Waals surface area contributed by atoms with Crippen LogP contribution in [0.4, 0.5) is 0 Å². The van der Waals surface area contributed by atoms with E-state index in [0.29, 0.717) is 0 Å². The molecule has 0 amide bonds. The van der Waals surface area contributed by atoms with Crippen LogP contribution in [-0.4, -0.2) is 36.1 Å².